The first-order valence-corrected chi connectivity index (χ1v) is 10.8. The summed E-state index contributed by atoms with van der Waals surface area (Å²) in [6.45, 7) is 11.0. The number of carbonyl (C=O) groups is 1. The SMILES string of the molecule is CCc1cccc(NC(=O)N2CCc3nc(C)nc(N4CC(C)OC(C)C4)c3C2)c1. The molecule has 2 aliphatic rings. The number of amides is 2. The fraction of sp³-hybridized carbons (Fsp3) is 0.522. The second-order valence-corrected chi connectivity index (χ2v) is 8.34. The molecule has 7 nitrogen and oxygen atoms in total. The lowest BCUT2D eigenvalue weighted by molar-refractivity contribution is -0.00557. The number of hydrogen-bond donors (Lipinski definition) is 1. The number of fused-ring (bicyclic) bond motifs is 1. The fourth-order valence-electron chi connectivity index (χ4n) is 4.37. The molecule has 1 aromatic heterocycles. The zero-order chi connectivity index (χ0) is 21.3. The number of benzene rings is 1. The molecule has 2 aromatic rings. The van der Waals surface area contributed by atoms with Crippen molar-refractivity contribution >= 4 is 17.5 Å². The number of nitrogens with one attached hydrogen (secondary N) is 1. The molecule has 7 heteroatoms. The Labute approximate surface area is 178 Å². The Morgan fingerprint density at radius 2 is 2.00 bits per heavy atom. The van der Waals surface area contributed by atoms with Gasteiger partial charge in [0.2, 0.25) is 0 Å². The second kappa shape index (κ2) is 8.60. The number of carbonyl (C=O) groups excluding carboxylic acids is 1. The van der Waals surface area contributed by atoms with Gasteiger partial charge in [0.15, 0.2) is 0 Å². The summed E-state index contributed by atoms with van der Waals surface area (Å²) >= 11 is 0. The van der Waals surface area contributed by atoms with E-state index in [2.05, 4.69) is 42.0 Å². The molecule has 2 aliphatic heterocycles. The van der Waals surface area contributed by atoms with Crippen molar-refractivity contribution in [3.05, 3.63) is 46.9 Å². The van der Waals surface area contributed by atoms with Crippen molar-refractivity contribution in [2.24, 2.45) is 0 Å². The predicted octanol–water partition coefficient (Wildman–Crippen LogP) is 3.55. The minimum Gasteiger partial charge on any atom is -0.372 e. The summed E-state index contributed by atoms with van der Waals surface area (Å²) in [5.74, 6) is 1.73. The van der Waals surface area contributed by atoms with Crippen molar-refractivity contribution in [2.45, 2.75) is 59.3 Å². The molecule has 0 radical (unpaired) electrons. The average molecular weight is 410 g/mol. The summed E-state index contributed by atoms with van der Waals surface area (Å²) in [6, 6.07) is 7.94. The summed E-state index contributed by atoms with van der Waals surface area (Å²) < 4.78 is 5.90. The van der Waals surface area contributed by atoms with Gasteiger partial charge in [-0.2, -0.15) is 0 Å². The topological polar surface area (TPSA) is 70.6 Å². The molecular formula is C23H31N5O2. The quantitative estimate of drug-likeness (QED) is 0.839. The van der Waals surface area contributed by atoms with Gasteiger partial charge in [-0.15, -0.1) is 0 Å². The Kier molecular flexibility index (Phi) is 5.90. The third-order valence-electron chi connectivity index (χ3n) is 5.74. The van der Waals surface area contributed by atoms with E-state index in [4.69, 9.17) is 9.72 Å². The van der Waals surface area contributed by atoms with E-state index in [1.54, 1.807) is 0 Å². The Hall–Kier alpha value is -2.67. The number of rotatable bonds is 3. The van der Waals surface area contributed by atoms with Crippen LogP contribution in [0.15, 0.2) is 24.3 Å². The lowest BCUT2D eigenvalue weighted by atomic mass is 10.0. The highest BCUT2D eigenvalue weighted by Gasteiger charge is 2.30. The highest BCUT2D eigenvalue weighted by Crippen LogP contribution is 2.29. The predicted molar refractivity (Wildman–Crippen MR) is 118 cm³/mol. The number of anilines is 2. The number of morpholine rings is 1. The van der Waals surface area contributed by atoms with E-state index in [1.807, 2.05) is 30.0 Å². The Morgan fingerprint density at radius 3 is 2.73 bits per heavy atom. The third kappa shape index (κ3) is 4.41. The van der Waals surface area contributed by atoms with Crippen LogP contribution in [0.2, 0.25) is 0 Å². The normalized spacial score (nSPS) is 21.3. The molecular weight excluding hydrogens is 378 g/mol. The van der Waals surface area contributed by atoms with Gasteiger partial charge in [0.25, 0.3) is 0 Å². The van der Waals surface area contributed by atoms with Gasteiger partial charge in [-0.1, -0.05) is 19.1 Å². The van der Waals surface area contributed by atoms with Crippen LogP contribution in [0.5, 0.6) is 0 Å². The molecule has 2 atom stereocenters. The largest absolute Gasteiger partial charge is 0.372 e. The maximum atomic E-state index is 13.0. The first kappa shape index (κ1) is 20.6. The van der Waals surface area contributed by atoms with Crippen LogP contribution >= 0.6 is 0 Å². The second-order valence-electron chi connectivity index (χ2n) is 8.34. The van der Waals surface area contributed by atoms with E-state index in [1.165, 1.54) is 5.56 Å². The molecule has 3 heterocycles. The number of hydrogen-bond acceptors (Lipinski definition) is 5. The number of nitrogens with zero attached hydrogens (tertiary/aromatic N) is 4. The van der Waals surface area contributed by atoms with E-state index in [9.17, 15) is 4.79 Å². The summed E-state index contributed by atoms with van der Waals surface area (Å²) in [5, 5.41) is 3.05. The summed E-state index contributed by atoms with van der Waals surface area (Å²) in [5.41, 5.74) is 4.16. The van der Waals surface area contributed by atoms with Crippen molar-refractivity contribution in [3.8, 4) is 0 Å². The monoisotopic (exact) mass is 409 g/mol. The van der Waals surface area contributed by atoms with E-state index >= 15 is 0 Å². The molecule has 0 saturated carbocycles. The number of aromatic nitrogens is 2. The lowest BCUT2D eigenvalue weighted by Crippen LogP contribution is -2.47. The lowest BCUT2D eigenvalue weighted by Gasteiger charge is -2.38. The minimum atomic E-state index is -0.0795. The van der Waals surface area contributed by atoms with Crippen molar-refractivity contribution < 1.29 is 9.53 Å². The Morgan fingerprint density at radius 1 is 1.23 bits per heavy atom. The highest BCUT2D eigenvalue weighted by atomic mass is 16.5. The Bertz CT molecular complexity index is 922. The smallest absolute Gasteiger partial charge is 0.322 e. The molecule has 2 amide bonds. The van der Waals surface area contributed by atoms with Gasteiger partial charge < -0.3 is 19.9 Å². The number of aryl methyl sites for hydroxylation is 2. The zero-order valence-electron chi connectivity index (χ0n) is 18.3. The van der Waals surface area contributed by atoms with Crippen LogP contribution in [-0.2, 0) is 24.1 Å². The van der Waals surface area contributed by atoms with Gasteiger partial charge in [-0.05, 0) is 44.9 Å². The van der Waals surface area contributed by atoms with Gasteiger partial charge >= 0.3 is 6.03 Å². The molecule has 30 heavy (non-hydrogen) atoms. The van der Waals surface area contributed by atoms with E-state index in [0.717, 1.165) is 54.5 Å². The highest BCUT2D eigenvalue weighted by molar-refractivity contribution is 5.89. The zero-order valence-corrected chi connectivity index (χ0v) is 18.3. The average Bonchev–Trinajstić information content (AvgIpc) is 2.72. The van der Waals surface area contributed by atoms with Gasteiger partial charge in [-0.3, -0.25) is 0 Å². The maximum absolute atomic E-state index is 13.0. The van der Waals surface area contributed by atoms with Gasteiger partial charge in [-0.25, -0.2) is 14.8 Å². The molecule has 160 valence electrons. The summed E-state index contributed by atoms with van der Waals surface area (Å²) in [4.78, 5) is 26.6. The first-order valence-electron chi connectivity index (χ1n) is 10.8. The van der Waals surface area contributed by atoms with Crippen LogP contribution in [-0.4, -0.2) is 52.7 Å². The van der Waals surface area contributed by atoms with Crippen molar-refractivity contribution in [3.63, 3.8) is 0 Å². The van der Waals surface area contributed by atoms with Crippen LogP contribution in [0.1, 0.15) is 43.4 Å². The standard InChI is InChI=1S/C23H31N5O2/c1-5-18-7-6-8-19(11-18)26-23(29)27-10-9-21-20(14-27)22(25-17(4)24-21)28-12-15(2)30-16(3)13-28/h6-8,11,15-16H,5,9-10,12-14H2,1-4H3,(H,26,29). The van der Waals surface area contributed by atoms with Crippen LogP contribution in [0.3, 0.4) is 0 Å². The molecule has 0 bridgehead atoms. The van der Waals surface area contributed by atoms with E-state index < -0.39 is 0 Å². The molecule has 0 spiro atoms. The van der Waals surface area contributed by atoms with Gasteiger partial charge in [0, 0.05) is 37.3 Å². The number of urea groups is 1. The number of ether oxygens (including phenoxy) is 1. The van der Waals surface area contributed by atoms with Crippen molar-refractivity contribution in [1.82, 2.24) is 14.9 Å². The van der Waals surface area contributed by atoms with Crippen LogP contribution in [0, 0.1) is 6.92 Å². The summed E-state index contributed by atoms with van der Waals surface area (Å²) in [6.07, 6.45) is 1.97. The summed E-state index contributed by atoms with van der Waals surface area (Å²) in [7, 11) is 0. The van der Waals surface area contributed by atoms with E-state index in [0.29, 0.717) is 13.1 Å². The van der Waals surface area contributed by atoms with Gasteiger partial charge in [0.1, 0.15) is 11.6 Å². The molecule has 1 saturated heterocycles. The molecule has 4 rings (SSSR count). The maximum Gasteiger partial charge on any atom is 0.322 e. The van der Waals surface area contributed by atoms with Crippen molar-refractivity contribution in [1.29, 1.82) is 0 Å². The molecule has 2 unspecified atom stereocenters. The molecule has 1 aromatic carbocycles. The molecule has 1 fully saturated rings. The molecule has 1 N–H and O–H groups in total. The Balaban J connectivity index is 1.55. The third-order valence-corrected chi connectivity index (χ3v) is 5.74. The van der Waals surface area contributed by atoms with Crippen LogP contribution < -0.4 is 10.2 Å². The molecule has 0 aliphatic carbocycles. The van der Waals surface area contributed by atoms with E-state index in [-0.39, 0.29) is 18.2 Å². The first-order chi connectivity index (χ1) is 14.4. The minimum absolute atomic E-state index is 0.0795. The van der Waals surface area contributed by atoms with Crippen LogP contribution in [0.25, 0.3) is 0 Å². The van der Waals surface area contributed by atoms with Gasteiger partial charge in [0.05, 0.1) is 24.4 Å². The fourth-order valence-corrected chi connectivity index (χ4v) is 4.37. The van der Waals surface area contributed by atoms with Crippen molar-refractivity contribution in [2.75, 3.05) is 29.9 Å². The van der Waals surface area contributed by atoms with Crippen LogP contribution in [0.4, 0.5) is 16.3 Å².